The van der Waals surface area contributed by atoms with E-state index in [0.29, 0.717) is 24.7 Å². The molecular formula is C23H24O8. The molecule has 2 aromatic carbocycles. The van der Waals surface area contributed by atoms with Crippen LogP contribution in [0, 0.1) is 0 Å². The monoisotopic (exact) mass is 428 g/mol. The first-order valence-corrected chi connectivity index (χ1v) is 10.0. The molecule has 2 heterocycles. The Labute approximate surface area is 179 Å². The van der Waals surface area contributed by atoms with Gasteiger partial charge < -0.3 is 28.4 Å². The maximum absolute atomic E-state index is 11.7. The Balaban J connectivity index is 1.33. The van der Waals surface area contributed by atoms with Gasteiger partial charge in [-0.05, 0) is 35.4 Å². The summed E-state index contributed by atoms with van der Waals surface area (Å²) in [5.74, 6) is 0.806. The molecule has 0 bridgehead atoms. The van der Waals surface area contributed by atoms with Crippen LogP contribution in [-0.2, 0) is 24.4 Å². The summed E-state index contributed by atoms with van der Waals surface area (Å²) in [5.41, 5.74) is 1.72. The molecule has 2 aliphatic rings. The number of rotatable bonds is 8. The fraction of sp³-hybridized carbons (Fsp3) is 0.391. The Morgan fingerprint density at radius 1 is 0.774 bits per heavy atom. The SMILES string of the molecule is CC(C)(c1ccc(OC(=O)OCC2CO2)cc1)c1ccc(OC(=O)OCC2CO2)cc1. The lowest BCUT2D eigenvalue weighted by atomic mass is 9.78. The second kappa shape index (κ2) is 8.95. The predicted molar refractivity (Wildman–Crippen MR) is 108 cm³/mol. The number of hydrogen-bond donors (Lipinski definition) is 0. The molecule has 2 atom stereocenters. The fourth-order valence-electron chi connectivity index (χ4n) is 2.95. The highest BCUT2D eigenvalue weighted by atomic mass is 16.7. The van der Waals surface area contributed by atoms with Crippen molar-refractivity contribution < 1.29 is 38.0 Å². The Bertz CT molecular complexity index is 836. The number of carbonyl (C=O) groups excluding carboxylic acids is 2. The summed E-state index contributed by atoms with van der Waals surface area (Å²) in [6.07, 6.45) is -1.51. The van der Waals surface area contributed by atoms with E-state index in [1.54, 1.807) is 24.3 Å². The van der Waals surface area contributed by atoms with Crippen molar-refractivity contribution in [2.24, 2.45) is 0 Å². The summed E-state index contributed by atoms with van der Waals surface area (Å²) in [5, 5.41) is 0. The van der Waals surface area contributed by atoms with Crippen molar-refractivity contribution in [1.29, 1.82) is 0 Å². The molecule has 0 radical (unpaired) electrons. The number of ether oxygens (including phenoxy) is 6. The lowest BCUT2D eigenvalue weighted by molar-refractivity contribution is 0.0911. The van der Waals surface area contributed by atoms with Crippen molar-refractivity contribution in [1.82, 2.24) is 0 Å². The molecule has 0 saturated carbocycles. The molecule has 8 heteroatoms. The van der Waals surface area contributed by atoms with Gasteiger partial charge in [0.15, 0.2) is 0 Å². The molecular weight excluding hydrogens is 404 g/mol. The van der Waals surface area contributed by atoms with Crippen LogP contribution in [-0.4, -0.2) is 50.9 Å². The van der Waals surface area contributed by atoms with Crippen LogP contribution < -0.4 is 9.47 Å². The van der Waals surface area contributed by atoms with Gasteiger partial charge in [0.2, 0.25) is 0 Å². The zero-order valence-electron chi connectivity index (χ0n) is 17.4. The minimum absolute atomic E-state index is 0.00417. The van der Waals surface area contributed by atoms with Gasteiger partial charge in [-0.3, -0.25) is 0 Å². The third kappa shape index (κ3) is 5.96. The molecule has 2 unspecified atom stereocenters. The maximum atomic E-state index is 11.7. The van der Waals surface area contributed by atoms with Crippen LogP contribution in [0.25, 0.3) is 0 Å². The van der Waals surface area contributed by atoms with Crippen LogP contribution >= 0.6 is 0 Å². The first-order valence-electron chi connectivity index (χ1n) is 10.0. The van der Waals surface area contributed by atoms with Crippen molar-refractivity contribution in [3.05, 3.63) is 59.7 Å². The van der Waals surface area contributed by atoms with Crippen molar-refractivity contribution in [2.75, 3.05) is 26.4 Å². The molecule has 2 aromatic rings. The summed E-state index contributed by atoms with van der Waals surface area (Å²) in [4.78, 5) is 23.4. The van der Waals surface area contributed by atoms with E-state index in [1.165, 1.54) is 0 Å². The Kier molecular flexibility index (Phi) is 6.11. The van der Waals surface area contributed by atoms with E-state index in [4.69, 9.17) is 28.4 Å². The zero-order valence-corrected chi connectivity index (χ0v) is 17.4. The van der Waals surface area contributed by atoms with Gasteiger partial charge in [-0.2, -0.15) is 0 Å². The third-order valence-corrected chi connectivity index (χ3v) is 5.13. The van der Waals surface area contributed by atoms with Crippen molar-refractivity contribution in [3.8, 4) is 11.5 Å². The molecule has 2 fully saturated rings. The van der Waals surface area contributed by atoms with Gasteiger partial charge in [0, 0.05) is 5.41 Å². The minimum atomic E-state index is -0.749. The average Bonchev–Trinajstić information content (AvgIpc) is 3.67. The van der Waals surface area contributed by atoms with Gasteiger partial charge in [0.05, 0.1) is 13.2 Å². The third-order valence-electron chi connectivity index (χ3n) is 5.13. The normalized spacial score (nSPS) is 19.3. The Hall–Kier alpha value is -3.10. The first-order chi connectivity index (χ1) is 14.9. The molecule has 0 aliphatic carbocycles. The van der Waals surface area contributed by atoms with Crippen LogP contribution in [0.15, 0.2) is 48.5 Å². The fourth-order valence-corrected chi connectivity index (χ4v) is 2.95. The minimum Gasteiger partial charge on any atom is -0.431 e. The smallest absolute Gasteiger partial charge is 0.431 e. The van der Waals surface area contributed by atoms with Crippen LogP contribution in [0.4, 0.5) is 9.59 Å². The topological polar surface area (TPSA) is 96.1 Å². The van der Waals surface area contributed by atoms with Gasteiger partial charge in [-0.15, -0.1) is 0 Å². The number of hydrogen-bond acceptors (Lipinski definition) is 8. The standard InChI is InChI=1S/C23H24O8/c1-23(2,15-3-7-17(8-4-15)30-21(24)28-13-19-11-26-19)16-5-9-18(10-6-16)31-22(25)29-14-20-12-27-20/h3-10,19-20H,11-14H2,1-2H3. The van der Waals surface area contributed by atoms with E-state index in [9.17, 15) is 9.59 Å². The molecule has 0 N–H and O–H groups in total. The number of carbonyl (C=O) groups is 2. The van der Waals surface area contributed by atoms with Crippen molar-refractivity contribution in [3.63, 3.8) is 0 Å². The molecule has 2 saturated heterocycles. The van der Waals surface area contributed by atoms with Crippen molar-refractivity contribution in [2.45, 2.75) is 31.5 Å². The van der Waals surface area contributed by atoms with E-state index >= 15 is 0 Å². The summed E-state index contributed by atoms with van der Waals surface area (Å²) in [6, 6.07) is 14.5. The van der Waals surface area contributed by atoms with Gasteiger partial charge in [0.25, 0.3) is 0 Å². The van der Waals surface area contributed by atoms with E-state index in [2.05, 4.69) is 13.8 Å². The Morgan fingerprint density at radius 3 is 1.45 bits per heavy atom. The van der Waals surface area contributed by atoms with Crippen LogP contribution in [0.1, 0.15) is 25.0 Å². The molecule has 4 rings (SSSR count). The van der Waals surface area contributed by atoms with Crippen LogP contribution in [0.5, 0.6) is 11.5 Å². The molecule has 31 heavy (non-hydrogen) atoms. The maximum Gasteiger partial charge on any atom is 0.513 e. The molecule has 2 aliphatic heterocycles. The zero-order chi connectivity index (χ0) is 21.8. The second-order valence-corrected chi connectivity index (χ2v) is 7.91. The largest absolute Gasteiger partial charge is 0.513 e. The van der Waals surface area contributed by atoms with Gasteiger partial charge in [-0.1, -0.05) is 38.1 Å². The number of epoxide rings is 2. The van der Waals surface area contributed by atoms with Gasteiger partial charge >= 0.3 is 12.3 Å². The highest BCUT2D eigenvalue weighted by Crippen LogP contribution is 2.33. The average molecular weight is 428 g/mol. The molecule has 164 valence electrons. The molecule has 8 nitrogen and oxygen atoms in total. The highest BCUT2D eigenvalue weighted by Gasteiger charge is 2.26. The van der Waals surface area contributed by atoms with Crippen molar-refractivity contribution >= 4 is 12.3 Å². The summed E-state index contributed by atoms with van der Waals surface area (Å²) >= 11 is 0. The predicted octanol–water partition coefficient (Wildman–Crippen LogP) is 3.84. The summed E-state index contributed by atoms with van der Waals surface area (Å²) in [6.45, 7) is 5.79. The molecule has 0 aromatic heterocycles. The summed E-state index contributed by atoms with van der Waals surface area (Å²) in [7, 11) is 0. The Morgan fingerprint density at radius 2 is 1.13 bits per heavy atom. The lowest BCUT2D eigenvalue weighted by Crippen LogP contribution is -2.19. The van der Waals surface area contributed by atoms with Crippen LogP contribution in [0.3, 0.4) is 0 Å². The van der Waals surface area contributed by atoms with Crippen LogP contribution in [0.2, 0.25) is 0 Å². The quantitative estimate of drug-likeness (QED) is 0.355. The molecule has 0 spiro atoms. The van der Waals surface area contributed by atoms with E-state index < -0.39 is 12.3 Å². The van der Waals surface area contributed by atoms with Gasteiger partial charge in [-0.25, -0.2) is 9.59 Å². The summed E-state index contributed by atoms with van der Waals surface area (Å²) < 4.78 is 30.2. The van der Waals surface area contributed by atoms with E-state index in [1.807, 2.05) is 24.3 Å². The lowest BCUT2D eigenvalue weighted by Gasteiger charge is -2.26. The number of benzene rings is 2. The van der Waals surface area contributed by atoms with E-state index in [0.717, 1.165) is 11.1 Å². The molecule has 0 amide bonds. The second-order valence-electron chi connectivity index (χ2n) is 7.91. The van der Waals surface area contributed by atoms with Gasteiger partial charge in [0.1, 0.15) is 36.9 Å². The first kappa shape index (κ1) is 21.1. The highest BCUT2D eigenvalue weighted by molar-refractivity contribution is 5.64. The van der Waals surface area contributed by atoms with E-state index in [-0.39, 0.29) is 30.8 Å².